The summed E-state index contributed by atoms with van der Waals surface area (Å²) >= 11 is 0. The summed E-state index contributed by atoms with van der Waals surface area (Å²) in [6.45, 7) is 5.83. The van der Waals surface area contributed by atoms with Crippen LogP contribution in [0.3, 0.4) is 0 Å². The van der Waals surface area contributed by atoms with Crippen LogP contribution >= 0.6 is 0 Å². The first kappa shape index (κ1) is 18.7. The minimum Gasteiger partial charge on any atom is -0.496 e. The summed E-state index contributed by atoms with van der Waals surface area (Å²) in [7, 11) is -1.67. The van der Waals surface area contributed by atoms with Crippen molar-refractivity contribution in [1.82, 2.24) is 9.88 Å². The lowest BCUT2D eigenvalue weighted by Gasteiger charge is -2.29. The van der Waals surface area contributed by atoms with E-state index in [1.165, 1.54) is 0 Å². The van der Waals surface area contributed by atoms with E-state index in [1.54, 1.807) is 32.2 Å². The minimum atomic E-state index is -3.27. The second-order valence-electron chi connectivity index (χ2n) is 6.52. The highest BCUT2D eigenvalue weighted by molar-refractivity contribution is 7.91. The third-order valence-corrected chi connectivity index (χ3v) is 6.73. The number of hydrogen-bond donors (Lipinski definition) is 1. The highest BCUT2D eigenvalue weighted by Gasteiger charge is 2.20. The minimum absolute atomic E-state index is 0.0776. The van der Waals surface area contributed by atoms with Crippen molar-refractivity contribution in [2.24, 2.45) is 0 Å². The number of methoxy groups -OCH3 is 1. The van der Waals surface area contributed by atoms with Crippen molar-refractivity contribution in [2.75, 3.05) is 26.0 Å². The van der Waals surface area contributed by atoms with Gasteiger partial charge in [0, 0.05) is 36.1 Å². The Morgan fingerprint density at radius 1 is 1.23 bits per heavy atom. The van der Waals surface area contributed by atoms with E-state index in [1.807, 2.05) is 6.07 Å². The lowest BCUT2D eigenvalue weighted by atomic mass is 10.1. The molecule has 0 amide bonds. The molecule has 0 bridgehead atoms. The molecule has 0 fully saturated rings. The van der Waals surface area contributed by atoms with Crippen LogP contribution in [0.1, 0.15) is 32.0 Å². The van der Waals surface area contributed by atoms with Crippen molar-refractivity contribution in [3.63, 3.8) is 0 Å². The van der Waals surface area contributed by atoms with Crippen LogP contribution in [0, 0.1) is 0 Å². The maximum absolute atomic E-state index is 12.2. The first-order valence-electron chi connectivity index (χ1n) is 8.95. The van der Waals surface area contributed by atoms with E-state index in [4.69, 9.17) is 4.74 Å². The van der Waals surface area contributed by atoms with Gasteiger partial charge in [-0.05, 0) is 43.7 Å². The van der Waals surface area contributed by atoms with Gasteiger partial charge in [-0.15, -0.1) is 0 Å². The Labute approximate surface area is 155 Å². The molecule has 3 rings (SSSR count). The van der Waals surface area contributed by atoms with E-state index >= 15 is 0 Å². The smallest absolute Gasteiger partial charge is 0.178 e. The molecule has 1 unspecified atom stereocenters. The van der Waals surface area contributed by atoms with Gasteiger partial charge in [-0.25, -0.2) is 8.42 Å². The zero-order valence-corrected chi connectivity index (χ0v) is 16.3. The van der Waals surface area contributed by atoms with E-state index in [-0.39, 0.29) is 11.8 Å². The molecule has 2 heterocycles. The van der Waals surface area contributed by atoms with Crippen LogP contribution < -0.4 is 4.74 Å². The lowest BCUT2D eigenvalue weighted by molar-refractivity contribution is 0.227. The zero-order valence-electron chi connectivity index (χ0n) is 15.5. The van der Waals surface area contributed by atoms with Gasteiger partial charge in [-0.3, -0.25) is 4.90 Å². The average Bonchev–Trinajstić information content (AvgIpc) is 3.17. The summed E-state index contributed by atoms with van der Waals surface area (Å²) in [5.74, 6) is 0.732. The van der Waals surface area contributed by atoms with Gasteiger partial charge in [0.25, 0.3) is 0 Å². The van der Waals surface area contributed by atoms with Crippen molar-refractivity contribution in [2.45, 2.75) is 31.2 Å². The first-order chi connectivity index (χ1) is 12.5. The Kier molecular flexibility index (Phi) is 5.53. The summed E-state index contributed by atoms with van der Waals surface area (Å²) in [6.07, 6.45) is 5.49. The van der Waals surface area contributed by atoms with Crippen molar-refractivity contribution in [3.8, 4) is 17.0 Å². The van der Waals surface area contributed by atoms with Crippen molar-refractivity contribution < 1.29 is 13.2 Å². The Morgan fingerprint density at radius 3 is 2.69 bits per heavy atom. The SMILES string of the molecule is CCS(=O)(=O)c1ccc(OC)c(-c2ccc(C(C)N3CC=CCC3)[nH]2)c1. The average molecular weight is 375 g/mol. The van der Waals surface area contributed by atoms with Crippen LogP contribution in [0.2, 0.25) is 0 Å². The second-order valence-corrected chi connectivity index (χ2v) is 8.80. The maximum atomic E-state index is 12.2. The van der Waals surface area contributed by atoms with Crippen LogP contribution in [0.4, 0.5) is 0 Å². The van der Waals surface area contributed by atoms with E-state index in [0.717, 1.165) is 36.5 Å². The number of nitrogens with zero attached hydrogens (tertiary/aromatic N) is 1. The Bertz CT molecular complexity index is 900. The van der Waals surface area contributed by atoms with Gasteiger partial charge in [0.05, 0.1) is 17.8 Å². The van der Waals surface area contributed by atoms with Crippen molar-refractivity contribution >= 4 is 9.84 Å². The van der Waals surface area contributed by atoms with Crippen LogP contribution in [-0.2, 0) is 9.84 Å². The second kappa shape index (κ2) is 7.68. The Balaban J connectivity index is 1.95. The lowest BCUT2D eigenvalue weighted by Crippen LogP contribution is -2.30. The molecule has 0 aliphatic carbocycles. The molecule has 1 aliphatic rings. The molecule has 140 valence electrons. The topological polar surface area (TPSA) is 62.4 Å². The Morgan fingerprint density at radius 2 is 2.04 bits per heavy atom. The number of ether oxygens (including phenoxy) is 1. The van der Waals surface area contributed by atoms with E-state index in [2.05, 4.69) is 35.0 Å². The van der Waals surface area contributed by atoms with E-state index in [0.29, 0.717) is 10.6 Å². The fourth-order valence-electron chi connectivity index (χ4n) is 3.28. The predicted molar refractivity (Wildman–Crippen MR) is 104 cm³/mol. The molecular formula is C20H26N2O3S. The molecule has 1 aromatic carbocycles. The van der Waals surface area contributed by atoms with Gasteiger partial charge in [0.1, 0.15) is 5.75 Å². The van der Waals surface area contributed by atoms with E-state index in [9.17, 15) is 8.42 Å². The molecule has 0 radical (unpaired) electrons. The Hall–Kier alpha value is -2.05. The summed E-state index contributed by atoms with van der Waals surface area (Å²) in [6, 6.07) is 9.35. The molecule has 1 aliphatic heterocycles. The fraction of sp³-hybridized carbons (Fsp3) is 0.400. The van der Waals surface area contributed by atoms with Gasteiger partial charge in [-0.1, -0.05) is 19.1 Å². The molecule has 0 spiro atoms. The highest BCUT2D eigenvalue weighted by Crippen LogP contribution is 2.33. The maximum Gasteiger partial charge on any atom is 0.178 e. The molecule has 5 nitrogen and oxygen atoms in total. The number of nitrogens with one attached hydrogen (secondary N) is 1. The number of rotatable bonds is 6. The number of hydrogen-bond acceptors (Lipinski definition) is 4. The van der Waals surface area contributed by atoms with Crippen LogP contribution in [0.5, 0.6) is 5.75 Å². The van der Waals surface area contributed by atoms with Crippen LogP contribution in [0.15, 0.2) is 47.4 Å². The molecule has 1 N–H and O–H groups in total. The largest absolute Gasteiger partial charge is 0.496 e. The van der Waals surface area contributed by atoms with Crippen molar-refractivity contribution in [3.05, 3.63) is 48.2 Å². The van der Waals surface area contributed by atoms with Gasteiger partial charge in [0.2, 0.25) is 0 Å². The monoisotopic (exact) mass is 374 g/mol. The molecule has 2 aromatic rings. The molecule has 0 saturated heterocycles. The normalized spacial score (nSPS) is 16.6. The standard InChI is InChI=1S/C20H26N2O3S/c1-4-26(23,24)16-8-11-20(25-3)17(14-16)19-10-9-18(21-19)15(2)22-12-6-5-7-13-22/h5-6,8-11,14-15,21H,4,7,12-13H2,1-3H3. The highest BCUT2D eigenvalue weighted by atomic mass is 32.2. The molecule has 26 heavy (non-hydrogen) atoms. The van der Waals surface area contributed by atoms with Gasteiger partial charge < -0.3 is 9.72 Å². The summed E-state index contributed by atoms with van der Waals surface area (Å²) in [5.41, 5.74) is 2.74. The van der Waals surface area contributed by atoms with E-state index < -0.39 is 9.84 Å². The number of aromatic amines is 1. The number of H-pyrrole nitrogens is 1. The summed E-state index contributed by atoms with van der Waals surface area (Å²) in [4.78, 5) is 6.19. The first-order valence-corrected chi connectivity index (χ1v) is 10.6. The van der Waals surface area contributed by atoms with Crippen molar-refractivity contribution in [1.29, 1.82) is 0 Å². The zero-order chi connectivity index (χ0) is 18.7. The number of aromatic nitrogens is 1. The molecule has 1 aromatic heterocycles. The van der Waals surface area contributed by atoms with Crippen LogP contribution in [0.25, 0.3) is 11.3 Å². The third-order valence-electron chi connectivity index (χ3n) is 5.00. The van der Waals surface area contributed by atoms with Gasteiger partial charge in [0.15, 0.2) is 9.84 Å². The summed E-state index contributed by atoms with van der Waals surface area (Å²) < 4.78 is 29.9. The molecule has 6 heteroatoms. The summed E-state index contributed by atoms with van der Waals surface area (Å²) in [5, 5.41) is 0. The molecule has 1 atom stereocenters. The van der Waals surface area contributed by atoms with Gasteiger partial charge in [-0.2, -0.15) is 0 Å². The number of sulfone groups is 1. The third kappa shape index (κ3) is 3.71. The fourth-order valence-corrected chi connectivity index (χ4v) is 4.18. The molecular weight excluding hydrogens is 348 g/mol. The number of benzene rings is 1. The van der Waals surface area contributed by atoms with Gasteiger partial charge >= 0.3 is 0 Å². The molecule has 0 saturated carbocycles. The van der Waals surface area contributed by atoms with Crippen LogP contribution in [-0.4, -0.2) is 44.3 Å². The predicted octanol–water partition coefficient (Wildman–Crippen LogP) is 3.81. The quantitative estimate of drug-likeness (QED) is 0.781.